The van der Waals surface area contributed by atoms with Crippen LogP contribution >= 0.6 is 0 Å². The molecule has 0 aliphatic rings. The second kappa shape index (κ2) is 8.81. The van der Waals surface area contributed by atoms with E-state index >= 15 is 0 Å². The standard InChI is InChI=1S/C27H22FN3O4S/c1-4-6-9-31-23-12-20(17-11-18(15-29-14-17)36(28,33)34)24(35-3)13-21(23)26(32)25-19-8-7-16(5-2)10-22(19)30-27(25)31/h2,7-8,10-15,30H,4,6,9H2,1,3H3. The summed E-state index contributed by atoms with van der Waals surface area (Å²) in [7, 11) is -3.50. The van der Waals surface area contributed by atoms with Crippen molar-refractivity contribution in [1.82, 2.24) is 14.5 Å². The number of nitrogens with one attached hydrogen (secondary N) is 1. The number of ether oxygens (including phenoxy) is 1. The first kappa shape index (κ1) is 23.6. The molecule has 0 radical (unpaired) electrons. The van der Waals surface area contributed by atoms with Crippen LogP contribution < -0.4 is 10.2 Å². The lowest BCUT2D eigenvalue weighted by atomic mass is 10.0. The smallest absolute Gasteiger partial charge is 0.333 e. The van der Waals surface area contributed by atoms with Crippen LogP contribution in [-0.4, -0.2) is 30.1 Å². The molecule has 182 valence electrons. The first-order valence-electron chi connectivity index (χ1n) is 11.3. The number of unbranched alkanes of at least 4 members (excludes halogenated alkanes) is 1. The third-order valence-corrected chi connectivity index (χ3v) is 7.12. The monoisotopic (exact) mass is 503 g/mol. The van der Waals surface area contributed by atoms with Crippen LogP contribution in [0.25, 0.3) is 44.0 Å². The van der Waals surface area contributed by atoms with E-state index < -0.39 is 15.1 Å². The van der Waals surface area contributed by atoms with E-state index in [1.54, 1.807) is 18.2 Å². The number of terminal acetylenes is 1. The second-order valence-electron chi connectivity index (χ2n) is 8.50. The second-order valence-corrected chi connectivity index (χ2v) is 9.85. The fourth-order valence-corrected chi connectivity index (χ4v) is 5.03. The van der Waals surface area contributed by atoms with Crippen molar-refractivity contribution in [1.29, 1.82) is 0 Å². The molecule has 0 unspecified atom stereocenters. The maximum atomic E-state index is 13.8. The predicted octanol–water partition coefficient (Wildman–Crippen LogP) is 5.15. The first-order valence-corrected chi connectivity index (χ1v) is 12.7. The number of fused-ring (bicyclic) bond motifs is 4. The lowest BCUT2D eigenvalue weighted by molar-refractivity contribution is 0.417. The quantitative estimate of drug-likeness (QED) is 0.256. The summed E-state index contributed by atoms with van der Waals surface area (Å²) < 4.78 is 44.2. The summed E-state index contributed by atoms with van der Waals surface area (Å²) in [4.78, 5) is 20.5. The Hall–Kier alpha value is -4.16. The van der Waals surface area contributed by atoms with Gasteiger partial charge in [-0.15, -0.1) is 10.3 Å². The van der Waals surface area contributed by atoms with Crippen LogP contribution in [0.5, 0.6) is 5.75 Å². The number of aromatic nitrogens is 3. The number of methoxy groups -OCH3 is 1. The zero-order valence-electron chi connectivity index (χ0n) is 19.6. The molecule has 0 aliphatic heterocycles. The molecule has 9 heteroatoms. The molecule has 0 saturated heterocycles. The van der Waals surface area contributed by atoms with Gasteiger partial charge in [0.05, 0.1) is 23.4 Å². The predicted molar refractivity (Wildman–Crippen MR) is 138 cm³/mol. The van der Waals surface area contributed by atoms with Gasteiger partial charge in [0.25, 0.3) is 0 Å². The van der Waals surface area contributed by atoms with Crippen molar-refractivity contribution in [2.45, 2.75) is 31.2 Å². The van der Waals surface area contributed by atoms with E-state index in [1.165, 1.54) is 19.4 Å². The van der Waals surface area contributed by atoms with Crippen LogP contribution in [0.4, 0.5) is 3.89 Å². The van der Waals surface area contributed by atoms with Gasteiger partial charge >= 0.3 is 10.2 Å². The average Bonchev–Trinajstić information content (AvgIpc) is 3.26. The van der Waals surface area contributed by atoms with Crippen molar-refractivity contribution in [3.63, 3.8) is 0 Å². The van der Waals surface area contributed by atoms with Crippen molar-refractivity contribution < 1.29 is 17.0 Å². The minimum atomic E-state index is -4.95. The molecule has 36 heavy (non-hydrogen) atoms. The van der Waals surface area contributed by atoms with Crippen molar-refractivity contribution in [3.05, 3.63) is 64.6 Å². The van der Waals surface area contributed by atoms with Crippen LogP contribution in [0.15, 0.2) is 58.5 Å². The number of hydrogen-bond donors (Lipinski definition) is 1. The number of aromatic amines is 1. The highest BCUT2D eigenvalue weighted by molar-refractivity contribution is 7.86. The summed E-state index contributed by atoms with van der Waals surface area (Å²) in [6.45, 7) is 2.71. The molecule has 0 fully saturated rings. The Morgan fingerprint density at radius 2 is 1.97 bits per heavy atom. The van der Waals surface area contributed by atoms with Gasteiger partial charge in [0.15, 0.2) is 5.43 Å². The zero-order chi connectivity index (χ0) is 25.6. The molecule has 3 heterocycles. The summed E-state index contributed by atoms with van der Waals surface area (Å²) >= 11 is 0. The number of halogens is 1. The highest BCUT2D eigenvalue weighted by atomic mass is 32.3. The molecule has 0 atom stereocenters. The van der Waals surface area contributed by atoms with Gasteiger partial charge in [-0.25, -0.2) is 0 Å². The zero-order valence-corrected chi connectivity index (χ0v) is 20.4. The fraction of sp³-hybridized carbons (Fsp3) is 0.185. The summed E-state index contributed by atoms with van der Waals surface area (Å²) in [5.74, 6) is 2.96. The number of nitrogens with zero attached hydrogens (tertiary/aromatic N) is 2. The third-order valence-electron chi connectivity index (χ3n) is 6.34. The number of rotatable bonds is 6. The SMILES string of the molecule is C#Cc1ccc2c(c1)[nH]c1c2c(=O)c2cc(OC)c(-c3cncc(S(=O)(=O)F)c3)cc2n1CCCC. The molecule has 1 N–H and O–H groups in total. The van der Waals surface area contributed by atoms with E-state index in [1.807, 2.05) is 16.7 Å². The maximum absolute atomic E-state index is 13.8. The Balaban J connectivity index is 1.90. The average molecular weight is 504 g/mol. The minimum Gasteiger partial charge on any atom is -0.496 e. The Kier molecular flexibility index (Phi) is 5.77. The van der Waals surface area contributed by atoms with E-state index in [2.05, 4.69) is 22.8 Å². The molecule has 5 rings (SSSR count). The van der Waals surface area contributed by atoms with Crippen LogP contribution in [0, 0.1) is 12.3 Å². The van der Waals surface area contributed by atoms with Gasteiger partial charge in [-0.05, 0) is 36.8 Å². The Labute approximate surface area is 206 Å². The van der Waals surface area contributed by atoms with Crippen LogP contribution in [0.2, 0.25) is 0 Å². The molecule has 0 bridgehead atoms. The summed E-state index contributed by atoms with van der Waals surface area (Å²) in [6, 6.07) is 10.1. The molecule has 0 aliphatic carbocycles. The van der Waals surface area contributed by atoms with E-state index in [-0.39, 0.29) is 5.43 Å². The van der Waals surface area contributed by atoms with Crippen molar-refractivity contribution in [2.75, 3.05) is 7.11 Å². The summed E-state index contributed by atoms with van der Waals surface area (Å²) in [5, 5.41) is 1.77. The highest BCUT2D eigenvalue weighted by Crippen LogP contribution is 2.36. The van der Waals surface area contributed by atoms with Crippen LogP contribution in [0.1, 0.15) is 25.3 Å². The van der Waals surface area contributed by atoms with Crippen molar-refractivity contribution in [2.24, 2.45) is 0 Å². The van der Waals surface area contributed by atoms with Crippen LogP contribution in [-0.2, 0) is 16.8 Å². The van der Waals surface area contributed by atoms with E-state index in [0.29, 0.717) is 50.9 Å². The van der Waals surface area contributed by atoms with E-state index in [9.17, 15) is 17.1 Å². The summed E-state index contributed by atoms with van der Waals surface area (Å²) in [5.41, 5.74) is 3.42. The van der Waals surface area contributed by atoms with Gasteiger partial charge in [0.2, 0.25) is 0 Å². The van der Waals surface area contributed by atoms with Gasteiger partial charge < -0.3 is 14.3 Å². The minimum absolute atomic E-state index is 0.171. The molecule has 5 aromatic rings. The largest absolute Gasteiger partial charge is 0.496 e. The maximum Gasteiger partial charge on any atom is 0.333 e. The number of aryl methyl sites for hydroxylation is 1. The third kappa shape index (κ3) is 3.80. The van der Waals surface area contributed by atoms with E-state index in [0.717, 1.165) is 29.9 Å². The number of hydrogen-bond acceptors (Lipinski definition) is 5. The lowest BCUT2D eigenvalue weighted by Crippen LogP contribution is -2.12. The van der Waals surface area contributed by atoms with E-state index in [4.69, 9.17) is 11.2 Å². The van der Waals surface area contributed by atoms with Gasteiger partial charge in [0, 0.05) is 46.5 Å². The highest BCUT2D eigenvalue weighted by Gasteiger charge is 2.20. The first-order chi connectivity index (χ1) is 17.3. The molecular formula is C27H22FN3O4S. The molecule has 0 spiro atoms. The molecule has 7 nitrogen and oxygen atoms in total. The Morgan fingerprint density at radius 3 is 2.67 bits per heavy atom. The van der Waals surface area contributed by atoms with Crippen molar-refractivity contribution >= 4 is 43.1 Å². The molecule has 0 saturated carbocycles. The number of pyridine rings is 2. The molecular weight excluding hydrogens is 481 g/mol. The number of benzene rings is 2. The van der Waals surface area contributed by atoms with Crippen molar-refractivity contribution in [3.8, 4) is 29.2 Å². The van der Waals surface area contributed by atoms with Crippen LogP contribution in [0.3, 0.4) is 0 Å². The van der Waals surface area contributed by atoms with Gasteiger partial charge in [0.1, 0.15) is 16.3 Å². The molecule has 3 aromatic heterocycles. The fourth-order valence-electron chi connectivity index (χ4n) is 4.58. The lowest BCUT2D eigenvalue weighted by Gasteiger charge is -2.16. The molecule has 0 amide bonds. The Morgan fingerprint density at radius 1 is 1.17 bits per heavy atom. The van der Waals surface area contributed by atoms with Gasteiger partial charge in [-0.1, -0.05) is 25.3 Å². The number of H-pyrrole nitrogens is 1. The summed E-state index contributed by atoms with van der Waals surface area (Å²) in [6.07, 6.45) is 9.73. The van der Waals surface area contributed by atoms with Gasteiger partial charge in [-0.2, -0.15) is 8.42 Å². The topological polar surface area (TPSA) is 94.1 Å². The molecule has 2 aromatic carbocycles. The Bertz CT molecular complexity index is 1880. The normalized spacial score (nSPS) is 11.8. The van der Waals surface area contributed by atoms with Gasteiger partial charge in [-0.3, -0.25) is 9.78 Å².